The van der Waals surface area contributed by atoms with E-state index in [4.69, 9.17) is 0 Å². The Labute approximate surface area is 209 Å². The first kappa shape index (κ1) is 25.9. The number of halogens is 5. The van der Waals surface area contributed by atoms with Gasteiger partial charge < -0.3 is 10.6 Å². The van der Waals surface area contributed by atoms with Crippen molar-refractivity contribution in [3.63, 3.8) is 0 Å². The lowest BCUT2D eigenvalue weighted by Crippen LogP contribution is -2.28. The van der Waals surface area contributed by atoms with Crippen LogP contribution in [0.3, 0.4) is 0 Å². The van der Waals surface area contributed by atoms with Gasteiger partial charge in [0, 0.05) is 17.5 Å². The predicted octanol–water partition coefficient (Wildman–Crippen LogP) is 4.15. The summed E-state index contributed by atoms with van der Waals surface area (Å²) in [4.78, 5) is 42.0. The molecule has 4 rings (SSSR count). The second kappa shape index (κ2) is 10.0. The number of nitrogens with zero attached hydrogens (tertiary/aromatic N) is 3. The smallest absolute Gasteiger partial charge is 0.347 e. The third-order valence-electron chi connectivity index (χ3n) is 5.12. The number of amides is 2. The number of carbonyl (C=O) groups is 3. The zero-order valence-corrected chi connectivity index (χ0v) is 19.6. The fourth-order valence-electron chi connectivity index (χ4n) is 3.31. The Morgan fingerprint density at radius 1 is 0.973 bits per heavy atom. The Kier molecular flexibility index (Phi) is 7.03. The molecule has 0 aliphatic heterocycles. The summed E-state index contributed by atoms with van der Waals surface area (Å²) in [6.45, 7) is 1.03. The van der Waals surface area contributed by atoms with Crippen LogP contribution in [0.15, 0.2) is 42.6 Å². The van der Waals surface area contributed by atoms with Gasteiger partial charge in [0.25, 0.3) is 11.8 Å². The van der Waals surface area contributed by atoms with Gasteiger partial charge in [0.15, 0.2) is 17.2 Å². The third-order valence-corrected chi connectivity index (χ3v) is 6.30. The fraction of sp³-hybridized carbons (Fsp3) is 0.174. The zero-order valence-electron chi connectivity index (χ0n) is 18.8. The van der Waals surface area contributed by atoms with Crippen molar-refractivity contribution >= 4 is 34.6 Å². The van der Waals surface area contributed by atoms with Crippen molar-refractivity contribution in [1.82, 2.24) is 25.2 Å². The lowest BCUT2D eigenvalue weighted by Gasteiger charge is -2.11. The highest BCUT2D eigenvalue weighted by Gasteiger charge is 2.34. The number of ketones is 1. The standard InChI is InChI=1S/C23H16F5N5O3S/c1-11(34)19-5-3-13(37-19)9-30-22(36)18-7-17(32-20-16(25)10-31-33(18)20)21(35)29-8-12-2-4-15(24)14(6-12)23(26,27)28/h2-7,10H,8-9H2,1H3,(H,29,35)(H,30,36). The fourth-order valence-corrected chi connectivity index (χ4v) is 4.15. The van der Waals surface area contributed by atoms with Gasteiger partial charge in [-0.1, -0.05) is 6.07 Å². The van der Waals surface area contributed by atoms with Crippen LogP contribution in [-0.4, -0.2) is 32.2 Å². The first-order chi connectivity index (χ1) is 17.4. The Morgan fingerprint density at radius 3 is 2.38 bits per heavy atom. The number of hydrogen-bond donors (Lipinski definition) is 2. The number of fused-ring (bicyclic) bond motifs is 1. The summed E-state index contributed by atoms with van der Waals surface area (Å²) in [5, 5.41) is 8.67. The van der Waals surface area contributed by atoms with Crippen LogP contribution in [-0.2, 0) is 19.3 Å². The molecule has 0 aliphatic carbocycles. The Hall–Kier alpha value is -4.20. The maximum atomic E-state index is 14.2. The van der Waals surface area contributed by atoms with Crippen molar-refractivity contribution < 1.29 is 36.3 Å². The lowest BCUT2D eigenvalue weighted by atomic mass is 10.1. The maximum absolute atomic E-state index is 14.2. The molecule has 3 aromatic heterocycles. The van der Waals surface area contributed by atoms with Crippen LogP contribution in [0.5, 0.6) is 0 Å². The first-order valence-electron chi connectivity index (χ1n) is 10.5. The highest BCUT2D eigenvalue weighted by atomic mass is 32.1. The molecule has 0 radical (unpaired) electrons. The maximum Gasteiger partial charge on any atom is 0.419 e. The number of nitrogens with one attached hydrogen (secondary N) is 2. The van der Waals surface area contributed by atoms with Crippen LogP contribution < -0.4 is 10.6 Å². The molecular formula is C23H16F5N5O3S. The van der Waals surface area contributed by atoms with E-state index < -0.39 is 53.1 Å². The van der Waals surface area contributed by atoms with Crippen LogP contribution in [0.4, 0.5) is 22.0 Å². The minimum atomic E-state index is -4.92. The molecule has 1 aromatic carbocycles. The predicted molar refractivity (Wildman–Crippen MR) is 121 cm³/mol. The zero-order chi connectivity index (χ0) is 26.9. The molecule has 2 N–H and O–H groups in total. The topological polar surface area (TPSA) is 105 Å². The number of carbonyl (C=O) groups excluding carboxylic acids is 3. The molecule has 0 unspecified atom stereocenters. The van der Waals surface area contributed by atoms with Gasteiger partial charge in [-0.3, -0.25) is 14.4 Å². The molecule has 192 valence electrons. The average molecular weight is 537 g/mol. The van der Waals surface area contributed by atoms with Crippen molar-refractivity contribution in [2.45, 2.75) is 26.2 Å². The molecule has 0 spiro atoms. The molecule has 37 heavy (non-hydrogen) atoms. The summed E-state index contributed by atoms with van der Waals surface area (Å²) in [6.07, 6.45) is -4.12. The molecule has 8 nitrogen and oxygen atoms in total. The monoisotopic (exact) mass is 537 g/mol. The van der Waals surface area contributed by atoms with E-state index in [1.807, 2.05) is 0 Å². The molecule has 0 atom stereocenters. The number of alkyl halides is 3. The third kappa shape index (κ3) is 5.63. The van der Waals surface area contributed by atoms with Gasteiger partial charge in [0.2, 0.25) is 0 Å². The average Bonchev–Trinajstić information content (AvgIpc) is 3.47. The van der Waals surface area contributed by atoms with Gasteiger partial charge in [-0.25, -0.2) is 18.3 Å². The number of benzene rings is 1. The molecular weight excluding hydrogens is 521 g/mol. The molecule has 0 bridgehead atoms. The van der Waals surface area contributed by atoms with Crippen LogP contribution in [0.25, 0.3) is 5.65 Å². The molecule has 3 heterocycles. The molecule has 2 amide bonds. The van der Waals surface area contributed by atoms with Crippen LogP contribution in [0.2, 0.25) is 0 Å². The summed E-state index contributed by atoms with van der Waals surface area (Å²) in [6, 6.07) is 6.58. The van der Waals surface area contributed by atoms with Crippen molar-refractivity contribution in [3.05, 3.63) is 86.5 Å². The first-order valence-corrected chi connectivity index (χ1v) is 11.3. The largest absolute Gasteiger partial charge is 0.419 e. The van der Waals surface area contributed by atoms with Gasteiger partial charge in [-0.2, -0.15) is 18.3 Å². The van der Waals surface area contributed by atoms with Crippen LogP contribution in [0, 0.1) is 11.6 Å². The number of thiophene rings is 1. The lowest BCUT2D eigenvalue weighted by molar-refractivity contribution is -0.140. The normalized spacial score (nSPS) is 11.5. The molecule has 14 heteroatoms. The van der Waals surface area contributed by atoms with Crippen molar-refractivity contribution in [3.8, 4) is 0 Å². The second-order valence-electron chi connectivity index (χ2n) is 7.75. The van der Waals surface area contributed by atoms with E-state index >= 15 is 0 Å². The highest BCUT2D eigenvalue weighted by molar-refractivity contribution is 7.14. The van der Waals surface area contributed by atoms with Gasteiger partial charge in [-0.15, -0.1) is 11.3 Å². The molecule has 0 aliphatic rings. The summed E-state index contributed by atoms with van der Waals surface area (Å²) in [7, 11) is 0. The molecule has 0 saturated heterocycles. The Balaban J connectivity index is 1.54. The van der Waals surface area contributed by atoms with Gasteiger partial charge in [0.05, 0.1) is 23.2 Å². The van der Waals surface area contributed by atoms with Gasteiger partial charge in [0.1, 0.15) is 17.2 Å². The number of aromatic nitrogens is 3. The number of Topliss-reactive ketones (excluding diaryl/α,β-unsaturated/α-hetero) is 1. The van der Waals surface area contributed by atoms with E-state index in [2.05, 4.69) is 20.7 Å². The minimum Gasteiger partial charge on any atom is -0.347 e. The summed E-state index contributed by atoms with van der Waals surface area (Å²) < 4.78 is 67.4. The van der Waals surface area contributed by atoms with E-state index in [-0.39, 0.29) is 23.6 Å². The Bertz CT molecular complexity index is 1530. The molecule has 0 saturated carbocycles. The van der Waals surface area contributed by atoms with E-state index in [0.29, 0.717) is 21.9 Å². The van der Waals surface area contributed by atoms with E-state index in [1.165, 1.54) is 18.3 Å². The van der Waals surface area contributed by atoms with Crippen LogP contribution >= 0.6 is 11.3 Å². The van der Waals surface area contributed by atoms with E-state index in [9.17, 15) is 36.3 Å². The SMILES string of the molecule is CC(=O)c1ccc(CNC(=O)c2cc(C(=O)NCc3ccc(F)c(C(F)(F)F)c3)nc3c(F)cnn23)s1. The Morgan fingerprint density at radius 2 is 1.70 bits per heavy atom. The van der Waals surface area contributed by atoms with Crippen molar-refractivity contribution in [2.75, 3.05) is 0 Å². The molecule has 4 aromatic rings. The van der Waals surface area contributed by atoms with Crippen LogP contribution in [0.1, 0.15) is 53.6 Å². The van der Waals surface area contributed by atoms with Gasteiger partial charge >= 0.3 is 6.18 Å². The van der Waals surface area contributed by atoms with Crippen molar-refractivity contribution in [2.24, 2.45) is 0 Å². The van der Waals surface area contributed by atoms with Crippen molar-refractivity contribution in [1.29, 1.82) is 0 Å². The highest BCUT2D eigenvalue weighted by Crippen LogP contribution is 2.31. The molecule has 0 fully saturated rings. The summed E-state index contributed by atoms with van der Waals surface area (Å²) >= 11 is 1.18. The minimum absolute atomic E-state index is 0.0397. The number of hydrogen-bond acceptors (Lipinski definition) is 6. The summed E-state index contributed by atoms with van der Waals surface area (Å²) in [5.74, 6) is -4.14. The quantitative estimate of drug-likeness (QED) is 0.272. The van der Waals surface area contributed by atoms with E-state index in [1.54, 1.807) is 12.1 Å². The second-order valence-corrected chi connectivity index (χ2v) is 8.92. The van der Waals surface area contributed by atoms with Gasteiger partial charge in [-0.05, 0) is 36.8 Å². The number of rotatable bonds is 7. The summed E-state index contributed by atoms with van der Waals surface area (Å²) in [5.41, 5.74) is -2.58. The van der Waals surface area contributed by atoms with E-state index in [0.717, 1.165) is 22.8 Å².